The monoisotopic (exact) mass is 454 g/mol. The van der Waals surface area contributed by atoms with Crippen LogP contribution >= 0.6 is 22.7 Å². The lowest BCUT2D eigenvalue weighted by atomic mass is 9.97. The lowest BCUT2D eigenvalue weighted by Crippen LogP contribution is -2.41. The summed E-state index contributed by atoms with van der Waals surface area (Å²) in [5, 5.41) is 5.41. The van der Waals surface area contributed by atoms with E-state index in [4.69, 9.17) is 0 Å². The summed E-state index contributed by atoms with van der Waals surface area (Å²) in [5.41, 5.74) is 1.10. The minimum Gasteiger partial charge on any atom is -0.302 e. The Morgan fingerprint density at radius 1 is 1.28 bits per heavy atom. The molecule has 0 atom stereocenters. The van der Waals surface area contributed by atoms with Gasteiger partial charge in [-0.2, -0.15) is 4.31 Å². The number of carbonyl (C=O) groups excluding carboxylic acids is 1. The predicted molar refractivity (Wildman–Crippen MR) is 116 cm³/mol. The van der Waals surface area contributed by atoms with Crippen LogP contribution in [0.15, 0.2) is 21.7 Å². The van der Waals surface area contributed by atoms with Gasteiger partial charge in [0.1, 0.15) is 4.21 Å². The molecule has 1 N–H and O–H groups in total. The van der Waals surface area contributed by atoms with Crippen LogP contribution in [0.4, 0.5) is 5.13 Å². The summed E-state index contributed by atoms with van der Waals surface area (Å²) in [7, 11) is -3.44. The van der Waals surface area contributed by atoms with Crippen molar-refractivity contribution in [2.24, 2.45) is 5.92 Å². The Hall–Kier alpha value is -1.33. The molecule has 4 heterocycles. The minimum atomic E-state index is -3.44. The molecule has 0 spiro atoms. The third-order valence-electron chi connectivity index (χ3n) is 5.64. The van der Waals surface area contributed by atoms with E-state index in [0.717, 1.165) is 25.2 Å². The maximum atomic E-state index is 12.7. The number of thiazole rings is 1. The van der Waals surface area contributed by atoms with Crippen molar-refractivity contribution in [1.82, 2.24) is 14.2 Å². The lowest BCUT2D eigenvalue weighted by molar-refractivity contribution is -0.120. The second-order valence-corrected chi connectivity index (χ2v) is 12.0. The summed E-state index contributed by atoms with van der Waals surface area (Å²) in [6.45, 7) is 7.02. The zero-order valence-electron chi connectivity index (χ0n) is 16.6. The second-order valence-electron chi connectivity index (χ2n) is 7.80. The van der Waals surface area contributed by atoms with E-state index >= 15 is 0 Å². The fraction of sp³-hybridized carbons (Fsp3) is 0.579. The number of hydrogen-bond donors (Lipinski definition) is 1. The van der Waals surface area contributed by atoms with Crippen molar-refractivity contribution in [3.8, 4) is 0 Å². The third-order valence-corrected chi connectivity index (χ3v) is 9.90. The van der Waals surface area contributed by atoms with Crippen molar-refractivity contribution in [2.45, 2.75) is 49.9 Å². The Kier molecular flexibility index (Phi) is 6.08. The molecule has 0 aliphatic carbocycles. The third kappa shape index (κ3) is 4.41. The Labute approximate surface area is 179 Å². The van der Waals surface area contributed by atoms with Crippen LogP contribution in [0.2, 0.25) is 0 Å². The van der Waals surface area contributed by atoms with Crippen molar-refractivity contribution in [1.29, 1.82) is 0 Å². The van der Waals surface area contributed by atoms with Crippen molar-refractivity contribution in [3.63, 3.8) is 0 Å². The number of amides is 1. The molecule has 1 amide bonds. The summed E-state index contributed by atoms with van der Waals surface area (Å²) in [6.07, 6.45) is 1.98. The molecule has 2 aromatic rings. The number of rotatable bonds is 5. The highest BCUT2D eigenvalue weighted by Gasteiger charge is 2.33. The van der Waals surface area contributed by atoms with Gasteiger partial charge in [-0.05, 0) is 38.1 Å². The number of nitrogens with zero attached hydrogens (tertiary/aromatic N) is 3. The van der Waals surface area contributed by atoms with Crippen LogP contribution < -0.4 is 5.32 Å². The van der Waals surface area contributed by atoms with E-state index in [1.807, 2.05) is 0 Å². The molecule has 2 aromatic heterocycles. The van der Waals surface area contributed by atoms with Crippen LogP contribution in [-0.4, -0.2) is 54.2 Å². The van der Waals surface area contributed by atoms with Crippen LogP contribution in [-0.2, 0) is 27.8 Å². The number of sulfonamides is 1. The molecule has 0 bridgehead atoms. The van der Waals surface area contributed by atoms with Gasteiger partial charge in [-0.3, -0.25) is 9.69 Å². The van der Waals surface area contributed by atoms with Gasteiger partial charge >= 0.3 is 0 Å². The predicted octanol–water partition coefficient (Wildman–Crippen LogP) is 3.01. The van der Waals surface area contributed by atoms with Gasteiger partial charge in [0.05, 0.1) is 5.69 Å². The first-order chi connectivity index (χ1) is 13.8. The molecular formula is C19H26N4O3S3. The topological polar surface area (TPSA) is 82.6 Å². The average molecular weight is 455 g/mol. The van der Waals surface area contributed by atoms with Gasteiger partial charge < -0.3 is 5.32 Å². The lowest BCUT2D eigenvalue weighted by Gasteiger charge is -2.29. The Bertz CT molecular complexity index is 961. The van der Waals surface area contributed by atoms with E-state index in [-0.39, 0.29) is 11.8 Å². The summed E-state index contributed by atoms with van der Waals surface area (Å²) in [4.78, 5) is 21.0. The number of fused-ring (bicyclic) bond motifs is 1. The van der Waals surface area contributed by atoms with Gasteiger partial charge in [-0.1, -0.05) is 6.07 Å². The largest absolute Gasteiger partial charge is 0.302 e. The van der Waals surface area contributed by atoms with E-state index in [2.05, 4.69) is 29.0 Å². The van der Waals surface area contributed by atoms with Crippen molar-refractivity contribution < 1.29 is 13.2 Å². The van der Waals surface area contributed by atoms with Crippen LogP contribution in [0.3, 0.4) is 0 Å². The zero-order chi connectivity index (χ0) is 20.6. The maximum absolute atomic E-state index is 12.7. The molecular weight excluding hydrogens is 428 g/mol. The number of piperidine rings is 1. The molecule has 29 heavy (non-hydrogen) atoms. The first-order valence-electron chi connectivity index (χ1n) is 9.91. The van der Waals surface area contributed by atoms with E-state index in [1.54, 1.807) is 28.8 Å². The average Bonchev–Trinajstić information content (AvgIpc) is 3.37. The van der Waals surface area contributed by atoms with Gasteiger partial charge in [-0.15, -0.1) is 22.7 Å². The van der Waals surface area contributed by atoms with E-state index in [0.29, 0.717) is 41.3 Å². The maximum Gasteiger partial charge on any atom is 0.252 e. The van der Waals surface area contributed by atoms with Gasteiger partial charge in [0, 0.05) is 49.4 Å². The Morgan fingerprint density at radius 2 is 2.03 bits per heavy atom. The summed E-state index contributed by atoms with van der Waals surface area (Å²) in [5.74, 6) is -0.233. The number of aromatic nitrogens is 1. The molecule has 2 aliphatic rings. The summed E-state index contributed by atoms with van der Waals surface area (Å²) >= 11 is 2.79. The molecule has 1 saturated heterocycles. The molecule has 158 valence electrons. The van der Waals surface area contributed by atoms with E-state index < -0.39 is 10.0 Å². The molecule has 7 nitrogen and oxygen atoms in total. The number of anilines is 1. The fourth-order valence-corrected chi connectivity index (χ4v) is 7.46. The number of nitrogens with one attached hydrogen (secondary N) is 1. The van der Waals surface area contributed by atoms with Crippen molar-refractivity contribution in [2.75, 3.05) is 25.0 Å². The smallest absolute Gasteiger partial charge is 0.252 e. The molecule has 0 saturated carbocycles. The van der Waals surface area contributed by atoms with Gasteiger partial charge in [0.15, 0.2) is 5.13 Å². The van der Waals surface area contributed by atoms with E-state index in [9.17, 15) is 13.2 Å². The Morgan fingerprint density at radius 3 is 2.69 bits per heavy atom. The first kappa shape index (κ1) is 20.9. The van der Waals surface area contributed by atoms with Gasteiger partial charge in [0.2, 0.25) is 5.91 Å². The van der Waals surface area contributed by atoms with E-state index in [1.165, 1.54) is 20.5 Å². The molecule has 0 unspecified atom stereocenters. The highest BCUT2D eigenvalue weighted by atomic mass is 32.2. The van der Waals surface area contributed by atoms with Gasteiger partial charge in [0.25, 0.3) is 10.0 Å². The summed E-state index contributed by atoms with van der Waals surface area (Å²) < 4.78 is 27.1. The number of hydrogen-bond acceptors (Lipinski definition) is 7. The first-order valence-corrected chi connectivity index (χ1v) is 13.1. The van der Waals surface area contributed by atoms with Crippen LogP contribution in [0.1, 0.15) is 37.3 Å². The molecule has 0 aromatic carbocycles. The molecule has 10 heteroatoms. The molecule has 0 radical (unpaired) electrons. The zero-order valence-corrected chi connectivity index (χ0v) is 19.1. The van der Waals surface area contributed by atoms with Crippen molar-refractivity contribution in [3.05, 3.63) is 28.1 Å². The second kappa shape index (κ2) is 8.43. The van der Waals surface area contributed by atoms with Gasteiger partial charge in [-0.25, -0.2) is 13.4 Å². The van der Waals surface area contributed by atoms with Crippen LogP contribution in [0.25, 0.3) is 0 Å². The fourth-order valence-electron chi connectivity index (χ4n) is 3.81. The number of thiophene rings is 1. The normalized spacial score (nSPS) is 19.4. The number of carbonyl (C=O) groups is 1. The Balaban J connectivity index is 1.34. The molecule has 2 aliphatic heterocycles. The molecule has 1 fully saturated rings. The van der Waals surface area contributed by atoms with Crippen LogP contribution in [0, 0.1) is 5.92 Å². The highest BCUT2D eigenvalue weighted by Crippen LogP contribution is 2.31. The quantitative estimate of drug-likeness (QED) is 0.751. The van der Waals surface area contributed by atoms with Crippen molar-refractivity contribution >= 4 is 43.7 Å². The molecule has 4 rings (SSSR count). The van der Waals surface area contributed by atoms with Crippen LogP contribution in [0.5, 0.6) is 0 Å². The summed E-state index contributed by atoms with van der Waals surface area (Å²) in [6, 6.07) is 3.87. The SMILES string of the molecule is CC(C)N1CCc2nc(NC(=O)C3CCN(S(=O)(=O)c4cccs4)CC3)sc2C1. The highest BCUT2D eigenvalue weighted by molar-refractivity contribution is 7.91. The standard InChI is InChI=1S/C19H26N4O3S3/c1-13(2)22-8-7-15-16(12-22)28-19(20-15)21-18(24)14-5-9-23(10-6-14)29(25,26)17-4-3-11-27-17/h3-4,11,13-14H,5-10,12H2,1-2H3,(H,20,21,24). The minimum absolute atomic E-state index is 0.0509.